The molecule has 3 aromatic rings. The van der Waals surface area contributed by atoms with Gasteiger partial charge in [0.1, 0.15) is 5.75 Å². The lowest BCUT2D eigenvalue weighted by molar-refractivity contribution is -0.141. The molecule has 1 fully saturated rings. The Hall–Kier alpha value is -3.06. The van der Waals surface area contributed by atoms with Crippen LogP contribution >= 0.6 is 0 Å². The zero-order valence-electron chi connectivity index (χ0n) is 17.8. The zero-order valence-corrected chi connectivity index (χ0v) is 17.8. The Morgan fingerprint density at radius 3 is 2.34 bits per heavy atom. The standard InChI is InChI=1S/C25H26F3N3O/c26-25(27,28)24-19-22(10-9-20-7-2-1-3-8-20)31(29-24)21-11-13-23(14-12-21)32-18-6-17-30-15-4-5-16-30/h1-3,7-14,19H,4-6,15-18H2/b10-9+. The maximum atomic E-state index is 13.3. The molecule has 0 bridgehead atoms. The van der Waals surface area contributed by atoms with Gasteiger partial charge in [0.25, 0.3) is 0 Å². The third kappa shape index (κ3) is 5.79. The van der Waals surface area contributed by atoms with Crippen molar-refractivity contribution in [3.63, 3.8) is 0 Å². The van der Waals surface area contributed by atoms with E-state index in [0.717, 1.165) is 24.6 Å². The first-order valence-corrected chi connectivity index (χ1v) is 10.8. The number of hydrogen-bond donors (Lipinski definition) is 0. The predicted molar refractivity (Wildman–Crippen MR) is 120 cm³/mol. The maximum Gasteiger partial charge on any atom is 0.435 e. The molecule has 0 atom stereocenters. The topological polar surface area (TPSA) is 30.3 Å². The largest absolute Gasteiger partial charge is 0.494 e. The minimum atomic E-state index is -4.51. The van der Waals surface area contributed by atoms with E-state index in [9.17, 15) is 13.2 Å². The van der Waals surface area contributed by atoms with Crippen molar-refractivity contribution in [2.24, 2.45) is 0 Å². The number of ether oxygens (including phenoxy) is 1. The highest BCUT2D eigenvalue weighted by Gasteiger charge is 2.34. The molecule has 0 amide bonds. The molecule has 1 saturated heterocycles. The smallest absolute Gasteiger partial charge is 0.435 e. The summed E-state index contributed by atoms with van der Waals surface area (Å²) in [6.07, 6.45) is 2.39. The number of likely N-dealkylation sites (tertiary alicyclic amines) is 1. The number of alkyl halides is 3. The van der Waals surface area contributed by atoms with Crippen LogP contribution in [0.25, 0.3) is 17.8 Å². The molecule has 1 aliphatic heterocycles. The van der Waals surface area contributed by atoms with Gasteiger partial charge in [-0.1, -0.05) is 36.4 Å². The third-order valence-corrected chi connectivity index (χ3v) is 5.44. The fourth-order valence-electron chi connectivity index (χ4n) is 3.77. The van der Waals surface area contributed by atoms with Crippen LogP contribution in [-0.2, 0) is 6.18 Å². The summed E-state index contributed by atoms with van der Waals surface area (Å²) in [5, 5.41) is 3.81. The van der Waals surface area contributed by atoms with Crippen LogP contribution in [0.15, 0.2) is 60.7 Å². The second kappa shape index (κ2) is 10.0. The average molecular weight is 441 g/mol. The Labute approximate surface area is 185 Å². The third-order valence-electron chi connectivity index (χ3n) is 5.44. The lowest BCUT2D eigenvalue weighted by Gasteiger charge is -2.14. The van der Waals surface area contributed by atoms with E-state index in [1.165, 1.54) is 30.6 Å². The molecule has 32 heavy (non-hydrogen) atoms. The molecule has 0 saturated carbocycles. The van der Waals surface area contributed by atoms with Gasteiger partial charge < -0.3 is 9.64 Å². The second-order valence-corrected chi connectivity index (χ2v) is 7.85. The number of aromatic nitrogens is 2. The van der Waals surface area contributed by atoms with E-state index in [2.05, 4.69) is 10.00 Å². The van der Waals surface area contributed by atoms with Crippen LogP contribution in [0.2, 0.25) is 0 Å². The van der Waals surface area contributed by atoms with Crippen molar-refractivity contribution in [3.8, 4) is 11.4 Å². The van der Waals surface area contributed by atoms with Gasteiger partial charge in [-0.3, -0.25) is 0 Å². The first kappa shape index (κ1) is 22.1. The number of halogens is 3. The lowest BCUT2D eigenvalue weighted by Crippen LogP contribution is -2.21. The Morgan fingerprint density at radius 2 is 1.66 bits per heavy atom. The molecule has 0 unspecified atom stereocenters. The summed E-state index contributed by atoms with van der Waals surface area (Å²) in [6, 6.07) is 17.5. The number of hydrogen-bond acceptors (Lipinski definition) is 3. The van der Waals surface area contributed by atoms with Crippen molar-refractivity contribution in [2.45, 2.75) is 25.4 Å². The molecule has 4 rings (SSSR count). The van der Waals surface area contributed by atoms with Crippen LogP contribution in [-0.4, -0.2) is 40.9 Å². The molecule has 2 aromatic carbocycles. The maximum absolute atomic E-state index is 13.3. The van der Waals surface area contributed by atoms with E-state index in [1.807, 2.05) is 30.3 Å². The number of nitrogens with zero attached hydrogens (tertiary/aromatic N) is 3. The highest BCUT2D eigenvalue weighted by atomic mass is 19.4. The van der Waals surface area contributed by atoms with Crippen LogP contribution in [0.1, 0.15) is 36.2 Å². The van der Waals surface area contributed by atoms with E-state index in [-0.39, 0.29) is 0 Å². The Balaban J connectivity index is 1.46. The average Bonchev–Trinajstić information content (AvgIpc) is 3.46. The molecule has 1 aliphatic rings. The summed E-state index contributed by atoms with van der Waals surface area (Å²) in [5.41, 5.74) is 0.858. The van der Waals surface area contributed by atoms with E-state index < -0.39 is 11.9 Å². The van der Waals surface area contributed by atoms with Gasteiger partial charge in [0.15, 0.2) is 5.69 Å². The normalized spacial score (nSPS) is 15.0. The van der Waals surface area contributed by atoms with E-state index >= 15 is 0 Å². The van der Waals surface area contributed by atoms with Crippen molar-refractivity contribution in [2.75, 3.05) is 26.2 Å². The highest BCUT2D eigenvalue weighted by Crippen LogP contribution is 2.30. The predicted octanol–water partition coefficient (Wildman–Crippen LogP) is 5.93. The molecule has 2 heterocycles. The van der Waals surface area contributed by atoms with Crippen molar-refractivity contribution in [1.82, 2.24) is 14.7 Å². The van der Waals surface area contributed by atoms with E-state index in [0.29, 0.717) is 23.7 Å². The number of benzene rings is 2. The molecule has 0 spiro atoms. The quantitative estimate of drug-likeness (QED) is 0.406. The van der Waals surface area contributed by atoms with Crippen LogP contribution in [0.4, 0.5) is 13.2 Å². The summed E-state index contributed by atoms with van der Waals surface area (Å²) in [5.74, 6) is 0.694. The van der Waals surface area contributed by atoms with Crippen LogP contribution in [0, 0.1) is 0 Å². The summed E-state index contributed by atoms with van der Waals surface area (Å²) in [6.45, 7) is 3.97. The summed E-state index contributed by atoms with van der Waals surface area (Å²) >= 11 is 0. The molecule has 0 radical (unpaired) electrons. The summed E-state index contributed by atoms with van der Waals surface area (Å²) in [7, 11) is 0. The molecule has 0 aliphatic carbocycles. The van der Waals surface area contributed by atoms with Crippen molar-refractivity contribution >= 4 is 12.2 Å². The van der Waals surface area contributed by atoms with E-state index in [1.54, 1.807) is 36.4 Å². The van der Waals surface area contributed by atoms with Gasteiger partial charge in [-0.2, -0.15) is 18.3 Å². The van der Waals surface area contributed by atoms with Gasteiger partial charge in [-0.05, 0) is 74.3 Å². The summed E-state index contributed by atoms with van der Waals surface area (Å²) in [4.78, 5) is 2.44. The van der Waals surface area contributed by atoms with Gasteiger partial charge in [-0.15, -0.1) is 0 Å². The fourth-order valence-corrected chi connectivity index (χ4v) is 3.77. The molecule has 4 nitrogen and oxygen atoms in total. The fraction of sp³-hybridized carbons (Fsp3) is 0.320. The SMILES string of the molecule is FC(F)(F)c1cc(/C=C/c2ccccc2)n(-c2ccc(OCCCN3CCCC3)cc2)n1. The van der Waals surface area contributed by atoms with Crippen LogP contribution in [0.3, 0.4) is 0 Å². The van der Waals surface area contributed by atoms with Gasteiger partial charge in [-0.25, -0.2) is 4.68 Å². The first-order chi connectivity index (χ1) is 15.5. The molecular formula is C25H26F3N3O. The zero-order chi connectivity index (χ0) is 22.4. The number of rotatable bonds is 8. The minimum absolute atomic E-state index is 0.348. The molecule has 1 aromatic heterocycles. The Morgan fingerprint density at radius 1 is 0.938 bits per heavy atom. The highest BCUT2D eigenvalue weighted by molar-refractivity contribution is 5.69. The molecule has 0 N–H and O–H groups in total. The van der Waals surface area contributed by atoms with Crippen LogP contribution < -0.4 is 4.74 Å². The monoisotopic (exact) mass is 441 g/mol. The van der Waals surface area contributed by atoms with Gasteiger partial charge in [0, 0.05) is 6.54 Å². The second-order valence-electron chi connectivity index (χ2n) is 7.85. The Bertz CT molecular complexity index is 1020. The minimum Gasteiger partial charge on any atom is -0.494 e. The van der Waals surface area contributed by atoms with Gasteiger partial charge in [0.2, 0.25) is 0 Å². The summed E-state index contributed by atoms with van der Waals surface area (Å²) < 4.78 is 47.0. The molecular weight excluding hydrogens is 415 g/mol. The van der Waals surface area contributed by atoms with Crippen molar-refractivity contribution in [3.05, 3.63) is 77.6 Å². The molecule has 7 heteroatoms. The first-order valence-electron chi connectivity index (χ1n) is 10.8. The Kier molecular flexibility index (Phi) is 6.95. The van der Waals surface area contributed by atoms with Crippen molar-refractivity contribution < 1.29 is 17.9 Å². The van der Waals surface area contributed by atoms with E-state index in [4.69, 9.17) is 4.74 Å². The molecule has 168 valence electrons. The lowest BCUT2D eigenvalue weighted by atomic mass is 10.2. The van der Waals surface area contributed by atoms with Crippen LogP contribution in [0.5, 0.6) is 5.75 Å². The van der Waals surface area contributed by atoms with Gasteiger partial charge in [0.05, 0.1) is 18.0 Å². The van der Waals surface area contributed by atoms with Gasteiger partial charge >= 0.3 is 6.18 Å². The van der Waals surface area contributed by atoms with Crippen molar-refractivity contribution in [1.29, 1.82) is 0 Å².